The summed E-state index contributed by atoms with van der Waals surface area (Å²) in [5.41, 5.74) is -0.345. The minimum Gasteiger partial charge on any atom is -0.352 e. The number of amides is 1. The SMILES string of the molecule is O=C(N[C@@H]1CCCC[C@H]1C(F)(F)F)C12CC3CC(CC(C3)C1)C2. The van der Waals surface area contributed by atoms with Gasteiger partial charge in [-0.25, -0.2) is 0 Å². The highest BCUT2D eigenvalue weighted by Crippen LogP contribution is 2.60. The van der Waals surface area contributed by atoms with Gasteiger partial charge in [0.2, 0.25) is 5.91 Å². The summed E-state index contributed by atoms with van der Waals surface area (Å²) in [5.74, 6) is 0.497. The van der Waals surface area contributed by atoms with Crippen molar-refractivity contribution in [3.8, 4) is 0 Å². The van der Waals surface area contributed by atoms with Gasteiger partial charge >= 0.3 is 6.18 Å². The van der Waals surface area contributed by atoms with Crippen molar-refractivity contribution in [1.29, 1.82) is 0 Å². The van der Waals surface area contributed by atoms with Gasteiger partial charge in [0.05, 0.1) is 5.92 Å². The average Bonchev–Trinajstić information content (AvgIpc) is 2.45. The quantitative estimate of drug-likeness (QED) is 0.797. The number of alkyl halides is 3. The van der Waals surface area contributed by atoms with Crippen molar-refractivity contribution < 1.29 is 18.0 Å². The van der Waals surface area contributed by atoms with E-state index in [4.69, 9.17) is 0 Å². The van der Waals surface area contributed by atoms with E-state index < -0.39 is 18.1 Å². The summed E-state index contributed by atoms with van der Waals surface area (Å²) in [4.78, 5) is 13.0. The molecule has 0 spiro atoms. The third-order valence-corrected chi connectivity index (χ3v) is 7.02. The highest BCUT2D eigenvalue weighted by molar-refractivity contribution is 5.83. The fourth-order valence-electron chi connectivity index (χ4n) is 6.41. The minimum atomic E-state index is -4.19. The van der Waals surface area contributed by atoms with E-state index in [0.717, 1.165) is 25.7 Å². The maximum Gasteiger partial charge on any atom is 0.393 e. The monoisotopic (exact) mass is 329 g/mol. The number of carbonyl (C=O) groups is 1. The molecule has 0 radical (unpaired) electrons. The van der Waals surface area contributed by atoms with E-state index in [1.165, 1.54) is 19.3 Å². The lowest BCUT2D eigenvalue weighted by molar-refractivity contribution is -0.190. The first-order valence-corrected chi connectivity index (χ1v) is 9.23. The van der Waals surface area contributed by atoms with Crippen LogP contribution in [0.3, 0.4) is 0 Å². The van der Waals surface area contributed by atoms with Gasteiger partial charge in [0, 0.05) is 11.5 Å². The number of carbonyl (C=O) groups excluding carboxylic acids is 1. The molecule has 5 rings (SSSR count). The van der Waals surface area contributed by atoms with E-state index in [1.54, 1.807) is 0 Å². The zero-order valence-electron chi connectivity index (χ0n) is 13.5. The van der Waals surface area contributed by atoms with Crippen LogP contribution in [0.15, 0.2) is 0 Å². The molecule has 130 valence electrons. The average molecular weight is 329 g/mol. The molecule has 2 nitrogen and oxygen atoms in total. The lowest BCUT2D eigenvalue weighted by atomic mass is 9.49. The topological polar surface area (TPSA) is 29.1 Å². The largest absolute Gasteiger partial charge is 0.393 e. The molecule has 5 fully saturated rings. The van der Waals surface area contributed by atoms with Crippen molar-refractivity contribution in [2.45, 2.75) is 76.4 Å². The molecule has 5 heteroatoms. The van der Waals surface area contributed by atoms with Crippen LogP contribution in [0.5, 0.6) is 0 Å². The number of halogens is 3. The van der Waals surface area contributed by atoms with Crippen LogP contribution in [0.4, 0.5) is 13.2 Å². The number of rotatable bonds is 2. The van der Waals surface area contributed by atoms with Gasteiger partial charge in [-0.1, -0.05) is 12.8 Å². The molecule has 2 atom stereocenters. The second kappa shape index (κ2) is 5.38. The molecule has 0 aromatic carbocycles. The van der Waals surface area contributed by atoms with Gasteiger partial charge in [-0.3, -0.25) is 4.79 Å². The summed E-state index contributed by atoms with van der Waals surface area (Å²) < 4.78 is 39.8. The number of hydrogen-bond donors (Lipinski definition) is 1. The van der Waals surface area contributed by atoms with Gasteiger partial charge in [0.15, 0.2) is 0 Å². The van der Waals surface area contributed by atoms with E-state index in [9.17, 15) is 18.0 Å². The van der Waals surface area contributed by atoms with E-state index in [0.29, 0.717) is 30.6 Å². The second-order valence-corrected chi connectivity index (χ2v) is 8.71. The molecule has 0 aromatic heterocycles. The first-order valence-electron chi connectivity index (χ1n) is 9.23. The van der Waals surface area contributed by atoms with Crippen LogP contribution in [0.25, 0.3) is 0 Å². The van der Waals surface area contributed by atoms with Crippen LogP contribution in [-0.2, 0) is 4.79 Å². The van der Waals surface area contributed by atoms with Crippen molar-refractivity contribution >= 4 is 5.91 Å². The zero-order valence-corrected chi connectivity index (χ0v) is 13.5. The molecule has 5 saturated carbocycles. The smallest absolute Gasteiger partial charge is 0.352 e. The fraction of sp³-hybridized carbons (Fsp3) is 0.944. The normalized spacial score (nSPS) is 46.0. The Morgan fingerprint density at radius 3 is 1.96 bits per heavy atom. The lowest BCUT2D eigenvalue weighted by Crippen LogP contribution is -2.57. The van der Waals surface area contributed by atoms with Crippen molar-refractivity contribution in [1.82, 2.24) is 5.32 Å². The summed E-state index contributed by atoms with van der Waals surface area (Å²) in [5, 5.41) is 2.87. The van der Waals surface area contributed by atoms with Gasteiger partial charge in [0.25, 0.3) is 0 Å². The first kappa shape index (κ1) is 15.8. The van der Waals surface area contributed by atoms with Crippen molar-refractivity contribution in [2.75, 3.05) is 0 Å². The van der Waals surface area contributed by atoms with Crippen molar-refractivity contribution in [2.24, 2.45) is 29.1 Å². The van der Waals surface area contributed by atoms with Gasteiger partial charge in [0.1, 0.15) is 0 Å². The molecule has 5 aliphatic rings. The van der Waals surface area contributed by atoms with Gasteiger partial charge in [-0.15, -0.1) is 0 Å². The van der Waals surface area contributed by atoms with Crippen LogP contribution in [0.2, 0.25) is 0 Å². The molecule has 0 unspecified atom stereocenters. The Morgan fingerprint density at radius 1 is 0.913 bits per heavy atom. The third kappa shape index (κ3) is 2.78. The Balaban J connectivity index is 1.49. The number of nitrogens with one attached hydrogen (secondary N) is 1. The number of hydrogen-bond acceptors (Lipinski definition) is 1. The maximum atomic E-state index is 13.3. The second-order valence-electron chi connectivity index (χ2n) is 8.71. The molecule has 0 aliphatic heterocycles. The summed E-state index contributed by atoms with van der Waals surface area (Å²) in [7, 11) is 0. The first-order chi connectivity index (χ1) is 10.9. The van der Waals surface area contributed by atoms with Crippen molar-refractivity contribution in [3.05, 3.63) is 0 Å². The molecule has 0 saturated heterocycles. The molecule has 0 heterocycles. The van der Waals surface area contributed by atoms with E-state index >= 15 is 0 Å². The van der Waals surface area contributed by atoms with E-state index in [2.05, 4.69) is 5.32 Å². The van der Waals surface area contributed by atoms with Crippen LogP contribution in [0, 0.1) is 29.1 Å². The Hall–Kier alpha value is -0.740. The highest BCUT2D eigenvalue weighted by Gasteiger charge is 2.55. The van der Waals surface area contributed by atoms with Crippen molar-refractivity contribution in [3.63, 3.8) is 0 Å². The van der Waals surface area contributed by atoms with E-state index in [-0.39, 0.29) is 17.7 Å². The molecule has 23 heavy (non-hydrogen) atoms. The Bertz CT molecular complexity index is 452. The van der Waals surface area contributed by atoms with Crippen LogP contribution in [0.1, 0.15) is 64.2 Å². The molecule has 5 aliphatic carbocycles. The lowest BCUT2D eigenvalue weighted by Gasteiger charge is -2.56. The molecular formula is C18H26F3NO. The summed E-state index contributed by atoms with van der Waals surface area (Å²) >= 11 is 0. The predicted molar refractivity (Wildman–Crippen MR) is 80.5 cm³/mol. The van der Waals surface area contributed by atoms with Gasteiger partial charge < -0.3 is 5.32 Å². The highest BCUT2D eigenvalue weighted by atomic mass is 19.4. The summed E-state index contributed by atoms with van der Waals surface area (Å²) in [6.07, 6.45) is 4.30. The zero-order chi connectivity index (χ0) is 16.2. The van der Waals surface area contributed by atoms with Crippen LogP contribution < -0.4 is 5.32 Å². The standard InChI is InChI=1S/C18H26F3NO/c19-18(20,21)14-3-1-2-4-15(14)22-16(23)17-8-11-5-12(9-17)7-13(6-11)10-17/h11-15H,1-10H2,(H,22,23)/t11?,12?,13?,14-,15-,17?/m1/s1. The summed E-state index contributed by atoms with van der Waals surface area (Å²) in [6, 6.07) is -0.704. The molecule has 1 amide bonds. The molecular weight excluding hydrogens is 303 g/mol. The fourth-order valence-corrected chi connectivity index (χ4v) is 6.41. The Morgan fingerprint density at radius 2 is 1.43 bits per heavy atom. The summed E-state index contributed by atoms with van der Waals surface area (Å²) in [6.45, 7) is 0. The van der Waals surface area contributed by atoms with Crippen LogP contribution in [-0.4, -0.2) is 18.1 Å². The van der Waals surface area contributed by atoms with Gasteiger partial charge in [-0.05, 0) is 69.1 Å². The van der Waals surface area contributed by atoms with Crippen LogP contribution >= 0.6 is 0 Å². The predicted octanol–water partition coefficient (Wildman–Crippen LogP) is 4.44. The maximum absolute atomic E-state index is 13.3. The Kier molecular flexibility index (Phi) is 3.69. The molecule has 4 bridgehead atoms. The van der Waals surface area contributed by atoms with Gasteiger partial charge in [-0.2, -0.15) is 13.2 Å². The third-order valence-electron chi connectivity index (χ3n) is 7.02. The Labute approximate surface area is 135 Å². The minimum absolute atomic E-state index is 0.0576. The molecule has 1 N–H and O–H groups in total. The van der Waals surface area contributed by atoms with E-state index in [1.807, 2.05) is 0 Å². The molecule has 0 aromatic rings.